The highest BCUT2D eigenvalue weighted by atomic mass is 16.5. The van der Waals surface area contributed by atoms with Crippen LogP contribution in [-0.4, -0.2) is 22.8 Å². The van der Waals surface area contributed by atoms with E-state index in [0.29, 0.717) is 23.0 Å². The second-order valence-electron chi connectivity index (χ2n) is 8.48. The third kappa shape index (κ3) is 3.90. The minimum absolute atomic E-state index is 0.107. The van der Waals surface area contributed by atoms with Gasteiger partial charge in [0.05, 0.1) is 6.26 Å². The summed E-state index contributed by atoms with van der Waals surface area (Å²) in [5.74, 6) is -0.757. The maximum atomic E-state index is 13.3. The number of rotatable bonds is 4. The molecule has 172 valence electrons. The Kier molecular flexibility index (Phi) is 5.53. The molecule has 1 aliphatic heterocycles. The van der Waals surface area contributed by atoms with Crippen LogP contribution in [0.4, 0.5) is 0 Å². The highest BCUT2D eigenvalue weighted by Gasteiger charge is 2.37. The van der Waals surface area contributed by atoms with E-state index in [2.05, 4.69) is 0 Å². The Morgan fingerprint density at radius 3 is 2.62 bits per heavy atom. The molecule has 3 heterocycles. The monoisotopic (exact) mass is 457 g/mol. The SMILES string of the molecule is Cc1ccc2c(COC(=O)C3Cc4ccccc4CN3C(=O)c3ccco3)cc(=O)oc2c1C. The first kappa shape index (κ1) is 21.7. The van der Waals surface area contributed by atoms with E-state index in [1.54, 1.807) is 12.1 Å². The van der Waals surface area contributed by atoms with Crippen molar-refractivity contribution in [2.45, 2.75) is 39.5 Å². The zero-order chi connectivity index (χ0) is 23.8. The zero-order valence-electron chi connectivity index (χ0n) is 18.9. The molecule has 0 bridgehead atoms. The lowest BCUT2D eigenvalue weighted by Gasteiger charge is -2.34. The zero-order valence-corrected chi connectivity index (χ0v) is 18.9. The van der Waals surface area contributed by atoms with E-state index >= 15 is 0 Å². The molecule has 34 heavy (non-hydrogen) atoms. The number of esters is 1. The Balaban J connectivity index is 1.43. The van der Waals surface area contributed by atoms with Crippen molar-refractivity contribution >= 4 is 22.8 Å². The number of carbonyl (C=O) groups is 2. The van der Waals surface area contributed by atoms with Gasteiger partial charge in [-0.2, -0.15) is 0 Å². The van der Waals surface area contributed by atoms with Crippen molar-refractivity contribution in [3.8, 4) is 0 Å². The summed E-state index contributed by atoms with van der Waals surface area (Å²) in [6.45, 7) is 3.98. The highest BCUT2D eigenvalue weighted by molar-refractivity contribution is 5.95. The molecule has 5 rings (SSSR count). The van der Waals surface area contributed by atoms with Gasteiger partial charge >= 0.3 is 11.6 Å². The fraction of sp³-hybridized carbons (Fsp3) is 0.222. The Morgan fingerprint density at radius 1 is 1.06 bits per heavy atom. The number of carbonyl (C=O) groups excluding carboxylic acids is 2. The molecule has 7 heteroatoms. The average molecular weight is 457 g/mol. The van der Waals surface area contributed by atoms with Gasteiger partial charge in [0.2, 0.25) is 0 Å². The van der Waals surface area contributed by atoms with Gasteiger partial charge in [-0.3, -0.25) is 4.79 Å². The second-order valence-corrected chi connectivity index (χ2v) is 8.48. The number of aryl methyl sites for hydroxylation is 2. The van der Waals surface area contributed by atoms with Crippen LogP contribution in [-0.2, 0) is 29.1 Å². The Morgan fingerprint density at radius 2 is 1.85 bits per heavy atom. The topological polar surface area (TPSA) is 90.0 Å². The van der Waals surface area contributed by atoms with Crippen LogP contribution in [0, 0.1) is 13.8 Å². The van der Waals surface area contributed by atoms with Crippen molar-refractivity contribution in [3.05, 3.63) is 105 Å². The van der Waals surface area contributed by atoms with Crippen molar-refractivity contribution in [1.29, 1.82) is 0 Å². The van der Waals surface area contributed by atoms with Crippen LogP contribution in [0.2, 0.25) is 0 Å². The molecule has 1 amide bonds. The summed E-state index contributed by atoms with van der Waals surface area (Å²) >= 11 is 0. The van der Waals surface area contributed by atoms with Crippen LogP contribution in [0.3, 0.4) is 0 Å². The molecule has 0 fully saturated rings. The third-order valence-electron chi connectivity index (χ3n) is 6.40. The smallest absolute Gasteiger partial charge is 0.336 e. The lowest BCUT2D eigenvalue weighted by molar-refractivity contribution is -0.151. The van der Waals surface area contributed by atoms with E-state index in [1.165, 1.54) is 17.2 Å². The van der Waals surface area contributed by atoms with E-state index in [0.717, 1.165) is 22.3 Å². The fourth-order valence-electron chi connectivity index (χ4n) is 4.38. The molecule has 0 spiro atoms. The molecule has 1 aliphatic rings. The molecular weight excluding hydrogens is 434 g/mol. The maximum Gasteiger partial charge on any atom is 0.336 e. The normalized spacial score (nSPS) is 15.2. The first-order chi connectivity index (χ1) is 16.4. The summed E-state index contributed by atoms with van der Waals surface area (Å²) in [5, 5.41) is 0.716. The van der Waals surface area contributed by atoms with Gasteiger partial charge in [-0.25, -0.2) is 9.59 Å². The highest BCUT2D eigenvalue weighted by Crippen LogP contribution is 2.27. The average Bonchev–Trinajstić information content (AvgIpc) is 3.38. The van der Waals surface area contributed by atoms with Crippen molar-refractivity contribution in [2.75, 3.05) is 0 Å². The number of ether oxygens (including phenoxy) is 1. The van der Waals surface area contributed by atoms with Gasteiger partial charge in [-0.1, -0.05) is 36.4 Å². The Labute approximate surface area is 195 Å². The summed E-state index contributed by atoms with van der Waals surface area (Å²) in [6, 6.07) is 15.2. The van der Waals surface area contributed by atoms with Crippen molar-refractivity contribution < 1.29 is 23.2 Å². The molecule has 0 N–H and O–H groups in total. The van der Waals surface area contributed by atoms with Gasteiger partial charge in [-0.15, -0.1) is 0 Å². The molecule has 2 aromatic carbocycles. The Hall–Kier alpha value is -4.13. The summed E-state index contributed by atoms with van der Waals surface area (Å²) in [7, 11) is 0. The number of hydrogen-bond donors (Lipinski definition) is 0. The minimum atomic E-state index is -0.817. The molecule has 0 aliphatic carbocycles. The van der Waals surface area contributed by atoms with Gasteiger partial charge < -0.3 is 18.5 Å². The molecule has 7 nitrogen and oxygen atoms in total. The quantitative estimate of drug-likeness (QED) is 0.335. The van der Waals surface area contributed by atoms with E-state index in [-0.39, 0.29) is 24.8 Å². The van der Waals surface area contributed by atoms with Gasteiger partial charge in [0.15, 0.2) is 5.76 Å². The predicted molar refractivity (Wildman–Crippen MR) is 124 cm³/mol. The Bertz CT molecular complexity index is 1450. The van der Waals surface area contributed by atoms with Crippen molar-refractivity contribution in [1.82, 2.24) is 4.90 Å². The van der Waals surface area contributed by atoms with Crippen LogP contribution in [0.25, 0.3) is 11.0 Å². The molecule has 4 aromatic rings. The molecular formula is C27H23NO6. The van der Waals surface area contributed by atoms with Crippen LogP contribution >= 0.6 is 0 Å². The second kappa shape index (κ2) is 8.67. The van der Waals surface area contributed by atoms with Crippen molar-refractivity contribution in [2.24, 2.45) is 0 Å². The standard InChI is InChI=1S/C27H23NO6/c1-16-9-10-21-20(13-24(29)34-25(21)17(16)2)15-33-27(31)22-12-18-6-3-4-7-19(18)14-28(22)26(30)23-8-5-11-32-23/h3-11,13,22H,12,14-15H2,1-2H3. The van der Waals surface area contributed by atoms with Gasteiger partial charge in [0.25, 0.3) is 5.91 Å². The molecule has 0 radical (unpaired) electrons. The lowest BCUT2D eigenvalue weighted by Crippen LogP contribution is -2.49. The molecule has 1 atom stereocenters. The number of benzene rings is 2. The van der Waals surface area contributed by atoms with E-state index in [1.807, 2.05) is 50.2 Å². The number of amides is 1. The van der Waals surface area contributed by atoms with Crippen molar-refractivity contribution in [3.63, 3.8) is 0 Å². The first-order valence-electron chi connectivity index (χ1n) is 11.0. The largest absolute Gasteiger partial charge is 0.459 e. The number of hydrogen-bond acceptors (Lipinski definition) is 6. The van der Waals surface area contributed by atoms with Crippen LogP contribution in [0.15, 0.2) is 74.5 Å². The number of nitrogens with zero attached hydrogens (tertiary/aromatic N) is 1. The molecule has 0 saturated carbocycles. The van der Waals surface area contributed by atoms with E-state index < -0.39 is 17.6 Å². The summed E-state index contributed by atoms with van der Waals surface area (Å²) in [4.78, 5) is 40.0. The third-order valence-corrected chi connectivity index (χ3v) is 6.40. The van der Waals surface area contributed by atoms with Crippen LogP contribution in [0.5, 0.6) is 0 Å². The fourth-order valence-corrected chi connectivity index (χ4v) is 4.38. The summed E-state index contributed by atoms with van der Waals surface area (Å²) < 4.78 is 16.4. The number of furan rings is 1. The molecule has 2 aromatic heterocycles. The number of fused-ring (bicyclic) bond motifs is 2. The lowest BCUT2D eigenvalue weighted by atomic mass is 9.93. The predicted octanol–water partition coefficient (Wildman–Crippen LogP) is 4.31. The van der Waals surface area contributed by atoms with Gasteiger partial charge in [0.1, 0.15) is 18.2 Å². The van der Waals surface area contributed by atoms with Gasteiger partial charge in [0, 0.05) is 30.0 Å². The first-order valence-corrected chi connectivity index (χ1v) is 11.0. The summed E-state index contributed by atoms with van der Waals surface area (Å²) in [6.07, 6.45) is 1.76. The van der Waals surface area contributed by atoms with E-state index in [9.17, 15) is 14.4 Å². The maximum absolute atomic E-state index is 13.3. The summed E-state index contributed by atoms with van der Waals surface area (Å²) in [5.41, 5.74) is 4.37. The van der Waals surface area contributed by atoms with Crippen LogP contribution in [0.1, 0.15) is 38.4 Å². The molecule has 1 unspecified atom stereocenters. The van der Waals surface area contributed by atoms with E-state index in [4.69, 9.17) is 13.6 Å². The molecule has 0 saturated heterocycles. The van der Waals surface area contributed by atoms with Gasteiger partial charge in [-0.05, 0) is 48.2 Å². The van der Waals surface area contributed by atoms with Crippen LogP contribution < -0.4 is 5.63 Å². The minimum Gasteiger partial charge on any atom is -0.459 e.